The van der Waals surface area contributed by atoms with E-state index in [0.29, 0.717) is 5.92 Å². The van der Waals surface area contributed by atoms with Crippen LogP contribution in [0.25, 0.3) is 0 Å². The zero-order chi connectivity index (χ0) is 19.9. The smallest absolute Gasteiger partial charge is 0.0119 e. The predicted octanol–water partition coefficient (Wildman–Crippen LogP) is 6.18. The topological polar surface area (TPSA) is 0 Å². The van der Waals surface area contributed by atoms with Crippen molar-refractivity contribution in [1.29, 1.82) is 0 Å². The fourth-order valence-corrected chi connectivity index (χ4v) is 6.45. The zero-order valence-electron chi connectivity index (χ0n) is 16.9. The van der Waals surface area contributed by atoms with Crippen molar-refractivity contribution in [3.63, 3.8) is 0 Å². The fourth-order valence-electron chi connectivity index (χ4n) is 3.97. The van der Waals surface area contributed by atoms with Crippen LogP contribution in [0.4, 0.5) is 0 Å². The third-order valence-corrected chi connectivity index (χ3v) is 8.04. The average Bonchev–Trinajstić information content (AvgIpc) is 2.80. The quantitative estimate of drug-likeness (QED) is 0.328. The summed E-state index contributed by atoms with van der Waals surface area (Å²) in [5, 5.41) is 4.30. The lowest BCUT2D eigenvalue weighted by Gasteiger charge is -2.24. The molecular formula is C28H27P. The van der Waals surface area contributed by atoms with Crippen LogP contribution >= 0.6 is 7.92 Å². The summed E-state index contributed by atoms with van der Waals surface area (Å²) in [4.78, 5) is 0. The van der Waals surface area contributed by atoms with Crippen LogP contribution in [-0.4, -0.2) is 0 Å². The summed E-state index contributed by atoms with van der Waals surface area (Å²) in [6.45, 7) is 2.30. The molecule has 0 N–H and O–H groups in total. The van der Waals surface area contributed by atoms with Gasteiger partial charge in [-0.25, -0.2) is 0 Å². The van der Waals surface area contributed by atoms with Crippen molar-refractivity contribution in [1.82, 2.24) is 0 Å². The second-order valence-electron chi connectivity index (χ2n) is 7.36. The molecule has 0 bridgehead atoms. The second-order valence-corrected chi connectivity index (χ2v) is 9.54. The van der Waals surface area contributed by atoms with Crippen LogP contribution in [0.1, 0.15) is 30.4 Å². The highest BCUT2D eigenvalue weighted by molar-refractivity contribution is 7.79. The van der Waals surface area contributed by atoms with Gasteiger partial charge in [0.2, 0.25) is 0 Å². The Kier molecular flexibility index (Phi) is 6.55. The van der Waals surface area contributed by atoms with Gasteiger partial charge in [-0.05, 0) is 53.7 Å². The molecule has 0 aliphatic heterocycles. The van der Waals surface area contributed by atoms with E-state index < -0.39 is 7.92 Å². The first-order chi connectivity index (χ1) is 14.4. The Morgan fingerprint density at radius 1 is 0.586 bits per heavy atom. The van der Waals surface area contributed by atoms with Gasteiger partial charge in [0.25, 0.3) is 0 Å². The highest BCUT2D eigenvalue weighted by Crippen LogP contribution is 2.35. The maximum absolute atomic E-state index is 2.35. The molecule has 0 aliphatic carbocycles. The first-order valence-corrected chi connectivity index (χ1v) is 11.7. The molecule has 4 aromatic rings. The van der Waals surface area contributed by atoms with Crippen LogP contribution in [0.2, 0.25) is 0 Å². The first-order valence-electron chi connectivity index (χ1n) is 10.4. The van der Waals surface area contributed by atoms with Crippen LogP contribution in [0.3, 0.4) is 0 Å². The molecule has 144 valence electrons. The highest BCUT2D eigenvalue weighted by atomic mass is 31.1. The van der Waals surface area contributed by atoms with Gasteiger partial charge in [-0.15, -0.1) is 0 Å². The molecule has 0 saturated heterocycles. The largest absolute Gasteiger partial charge is 0.0648 e. The lowest BCUT2D eigenvalue weighted by Crippen LogP contribution is -2.24. The van der Waals surface area contributed by atoms with Crippen molar-refractivity contribution in [2.24, 2.45) is 0 Å². The van der Waals surface area contributed by atoms with Crippen LogP contribution < -0.4 is 15.9 Å². The van der Waals surface area contributed by atoms with Gasteiger partial charge in [-0.1, -0.05) is 122 Å². The summed E-state index contributed by atoms with van der Waals surface area (Å²) < 4.78 is 0. The second kappa shape index (κ2) is 9.68. The van der Waals surface area contributed by atoms with Crippen molar-refractivity contribution >= 4 is 23.8 Å². The molecule has 0 spiro atoms. The molecular weight excluding hydrogens is 367 g/mol. The van der Waals surface area contributed by atoms with Gasteiger partial charge < -0.3 is 0 Å². The van der Waals surface area contributed by atoms with Crippen molar-refractivity contribution < 1.29 is 0 Å². The summed E-state index contributed by atoms with van der Waals surface area (Å²) in [5.74, 6) is 0.542. The van der Waals surface area contributed by atoms with Crippen molar-refractivity contribution in [2.45, 2.75) is 25.7 Å². The van der Waals surface area contributed by atoms with Crippen LogP contribution in [-0.2, 0) is 6.42 Å². The molecule has 0 amide bonds. The number of rotatable bonds is 7. The van der Waals surface area contributed by atoms with E-state index in [-0.39, 0.29) is 0 Å². The van der Waals surface area contributed by atoms with Crippen LogP contribution in [0.15, 0.2) is 115 Å². The Morgan fingerprint density at radius 2 is 1.07 bits per heavy atom. The maximum atomic E-state index is 2.35. The monoisotopic (exact) mass is 394 g/mol. The SMILES string of the molecule is CCC(Cc1ccccc1P(c1ccccc1)c1ccccc1)c1ccccc1. The number of benzene rings is 4. The predicted molar refractivity (Wildman–Crippen MR) is 128 cm³/mol. The minimum absolute atomic E-state index is 0.542. The Balaban J connectivity index is 1.77. The summed E-state index contributed by atoms with van der Waals surface area (Å²) in [6, 6.07) is 42.0. The van der Waals surface area contributed by atoms with Crippen molar-refractivity contribution in [3.8, 4) is 0 Å². The van der Waals surface area contributed by atoms with E-state index in [2.05, 4.69) is 122 Å². The lowest BCUT2D eigenvalue weighted by molar-refractivity contribution is 0.662. The first kappa shape index (κ1) is 19.6. The van der Waals surface area contributed by atoms with E-state index in [0.717, 1.165) is 12.8 Å². The van der Waals surface area contributed by atoms with Gasteiger partial charge >= 0.3 is 0 Å². The minimum Gasteiger partial charge on any atom is -0.0648 e. The van der Waals surface area contributed by atoms with Gasteiger partial charge in [0.05, 0.1) is 0 Å². The number of hydrogen-bond acceptors (Lipinski definition) is 0. The molecule has 29 heavy (non-hydrogen) atoms. The number of hydrogen-bond donors (Lipinski definition) is 0. The maximum Gasteiger partial charge on any atom is -0.0119 e. The molecule has 0 nitrogen and oxygen atoms in total. The standard InChI is InChI=1S/C28H27P/c1-2-23(24-14-6-3-7-15-24)22-25-16-12-13-21-28(25)29(26-17-8-4-9-18-26)27-19-10-5-11-20-27/h3-21,23H,2,22H2,1H3. The van der Waals surface area contributed by atoms with Gasteiger partial charge in [-0.2, -0.15) is 0 Å². The third kappa shape index (κ3) is 4.66. The Morgan fingerprint density at radius 3 is 1.62 bits per heavy atom. The highest BCUT2D eigenvalue weighted by Gasteiger charge is 2.21. The summed E-state index contributed by atoms with van der Waals surface area (Å²) in [6.07, 6.45) is 2.22. The molecule has 0 aromatic heterocycles. The fraction of sp³-hybridized carbons (Fsp3) is 0.143. The lowest BCUT2D eigenvalue weighted by atomic mass is 9.90. The molecule has 0 saturated carbocycles. The minimum atomic E-state index is -0.571. The zero-order valence-corrected chi connectivity index (χ0v) is 17.8. The van der Waals surface area contributed by atoms with Crippen molar-refractivity contribution in [3.05, 3.63) is 126 Å². The molecule has 0 aliphatic rings. The van der Waals surface area contributed by atoms with Crippen molar-refractivity contribution in [2.75, 3.05) is 0 Å². The van der Waals surface area contributed by atoms with E-state index >= 15 is 0 Å². The molecule has 1 unspecified atom stereocenters. The average molecular weight is 394 g/mol. The molecule has 0 radical (unpaired) electrons. The molecule has 0 heterocycles. The van der Waals surface area contributed by atoms with Gasteiger partial charge in [-0.3, -0.25) is 0 Å². The molecule has 4 rings (SSSR count). The summed E-state index contributed by atoms with van der Waals surface area (Å²) >= 11 is 0. The van der Waals surface area contributed by atoms with E-state index in [1.54, 1.807) is 0 Å². The molecule has 0 fully saturated rings. The Labute approximate surface area is 176 Å². The molecule has 4 aromatic carbocycles. The third-order valence-electron chi connectivity index (χ3n) is 5.49. The van der Waals surface area contributed by atoms with Crippen LogP contribution in [0, 0.1) is 0 Å². The summed E-state index contributed by atoms with van der Waals surface area (Å²) in [5.41, 5.74) is 2.91. The van der Waals surface area contributed by atoms with Crippen LogP contribution in [0.5, 0.6) is 0 Å². The van der Waals surface area contributed by atoms with Gasteiger partial charge in [0, 0.05) is 0 Å². The molecule has 1 atom stereocenters. The van der Waals surface area contributed by atoms with E-state index in [4.69, 9.17) is 0 Å². The normalized spacial score (nSPS) is 12.1. The Hall–Kier alpha value is -2.69. The summed E-state index contributed by atoms with van der Waals surface area (Å²) in [7, 11) is -0.571. The van der Waals surface area contributed by atoms with E-state index in [1.165, 1.54) is 27.0 Å². The van der Waals surface area contributed by atoms with Gasteiger partial charge in [0.1, 0.15) is 0 Å². The van der Waals surface area contributed by atoms with E-state index in [1.807, 2.05) is 0 Å². The molecule has 1 heteroatoms. The van der Waals surface area contributed by atoms with E-state index in [9.17, 15) is 0 Å². The Bertz CT molecular complexity index is 970. The van der Waals surface area contributed by atoms with Gasteiger partial charge in [0.15, 0.2) is 0 Å².